The largest absolute Gasteiger partial charge is 0.409 e. The number of hydrogen-bond acceptors (Lipinski definition) is 3. The average molecular weight is 225 g/mol. The van der Waals surface area contributed by atoms with Gasteiger partial charge in [-0.3, -0.25) is 0 Å². The van der Waals surface area contributed by atoms with Crippen LogP contribution in [0, 0.1) is 5.41 Å². The van der Waals surface area contributed by atoms with E-state index in [1.54, 1.807) is 0 Å². The lowest BCUT2D eigenvalue weighted by atomic mass is 9.97. The molecule has 92 valence electrons. The zero-order valence-corrected chi connectivity index (χ0v) is 10.2. The van der Waals surface area contributed by atoms with E-state index in [-0.39, 0.29) is 0 Å². The van der Waals surface area contributed by atoms with Crippen LogP contribution in [0.3, 0.4) is 0 Å². The van der Waals surface area contributed by atoms with Crippen LogP contribution >= 0.6 is 0 Å². The van der Waals surface area contributed by atoms with Crippen molar-refractivity contribution in [2.45, 2.75) is 51.5 Å². The summed E-state index contributed by atoms with van der Waals surface area (Å²) in [4.78, 5) is 2.58. The van der Waals surface area contributed by atoms with Crippen LogP contribution in [0.4, 0.5) is 0 Å². The van der Waals surface area contributed by atoms with Gasteiger partial charge in [0.1, 0.15) is 5.84 Å². The minimum atomic E-state index is 0.321. The molecule has 0 bridgehead atoms. The van der Waals surface area contributed by atoms with Crippen LogP contribution in [0.15, 0.2) is 5.16 Å². The summed E-state index contributed by atoms with van der Waals surface area (Å²) in [6.45, 7) is 4.67. The summed E-state index contributed by atoms with van der Waals surface area (Å²) in [5.74, 6) is 0.391. The van der Waals surface area contributed by atoms with Crippen molar-refractivity contribution in [2.75, 3.05) is 13.1 Å². The molecule has 4 nitrogen and oxygen atoms in total. The molecule has 2 fully saturated rings. The zero-order valence-electron chi connectivity index (χ0n) is 10.2. The first-order valence-electron chi connectivity index (χ1n) is 6.36. The third-order valence-electron chi connectivity index (χ3n) is 4.12. The fraction of sp³-hybridized carbons (Fsp3) is 0.917. The Bertz CT molecular complexity index is 273. The molecule has 1 saturated carbocycles. The van der Waals surface area contributed by atoms with Crippen LogP contribution in [0.5, 0.6) is 0 Å². The van der Waals surface area contributed by atoms with Gasteiger partial charge in [0.05, 0.1) is 0 Å². The Hall–Kier alpha value is -0.770. The Morgan fingerprint density at radius 2 is 2.25 bits per heavy atom. The SMILES string of the molecule is CC1CCCCN1CC1(CC(N)=NO)CC1. The summed E-state index contributed by atoms with van der Waals surface area (Å²) in [5, 5.41) is 11.7. The van der Waals surface area contributed by atoms with Crippen molar-refractivity contribution in [3.05, 3.63) is 0 Å². The smallest absolute Gasteiger partial charge is 0.139 e. The highest BCUT2D eigenvalue weighted by Gasteiger charge is 2.45. The van der Waals surface area contributed by atoms with Gasteiger partial charge >= 0.3 is 0 Å². The first-order chi connectivity index (χ1) is 7.65. The Morgan fingerprint density at radius 3 is 2.81 bits per heavy atom. The summed E-state index contributed by atoms with van der Waals surface area (Å²) in [6, 6.07) is 0.707. The van der Waals surface area contributed by atoms with E-state index in [1.807, 2.05) is 0 Å². The quantitative estimate of drug-likeness (QED) is 0.332. The van der Waals surface area contributed by atoms with Crippen molar-refractivity contribution >= 4 is 5.84 Å². The minimum absolute atomic E-state index is 0.321. The van der Waals surface area contributed by atoms with Crippen LogP contribution in [0.25, 0.3) is 0 Å². The van der Waals surface area contributed by atoms with Crippen LogP contribution in [0.1, 0.15) is 45.4 Å². The molecule has 1 atom stereocenters. The number of rotatable bonds is 4. The van der Waals surface area contributed by atoms with Gasteiger partial charge in [-0.1, -0.05) is 11.6 Å². The number of oxime groups is 1. The van der Waals surface area contributed by atoms with Crippen LogP contribution in [-0.4, -0.2) is 35.1 Å². The monoisotopic (exact) mass is 225 g/mol. The fourth-order valence-corrected chi connectivity index (χ4v) is 2.81. The lowest BCUT2D eigenvalue weighted by molar-refractivity contribution is 0.130. The van der Waals surface area contributed by atoms with Crippen LogP contribution in [0.2, 0.25) is 0 Å². The maximum atomic E-state index is 8.63. The first kappa shape index (κ1) is 11.7. The lowest BCUT2D eigenvalue weighted by Gasteiger charge is -2.36. The Labute approximate surface area is 97.5 Å². The van der Waals surface area contributed by atoms with Gasteiger partial charge in [-0.2, -0.15) is 0 Å². The standard InChI is InChI=1S/C12H23N3O/c1-10-4-2-3-7-15(10)9-12(5-6-12)8-11(13)14-16/h10,16H,2-9H2,1H3,(H2,13,14). The molecule has 0 aromatic heterocycles. The van der Waals surface area contributed by atoms with Gasteiger partial charge in [-0.05, 0) is 44.6 Å². The van der Waals surface area contributed by atoms with Crippen molar-refractivity contribution in [3.63, 3.8) is 0 Å². The van der Waals surface area contributed by atoms with Gasteiger partial charge in [-0.25, -0.2) is 0 Å². The van der Waals surface area contributed by atoms with E-state index in [1.165, 1.54) is 38.6 Å². The van der Waals surface area contributed by atoms with E-state index >= 15 is 0 Å². The maximum absolute atomic E-state index is 8.63. The van der Waals surface area contributed by atoms with E-state index in [0.717, 1.165) is 13.0 Å². The summed E-state index contributed by atoms with van der Waals surface area (Å²) in [7, 11) is 0. The van der Waals surface area contributed by atoms with Crippen LogP contribution < -0.4 is 5.73 Å². The van der Waals surface area contributed by atoms with E-state index in [4.69, 9.17) is 10.9 Å². The molecule has 0 amide bonds. The van der Waals surface area contributed by atoms with Crippen LogP contribution in [-0.2, 0) is 0 Å². The number of amidine groups is 1. The molecule has 0 aromatic rings. The number of nitrogens with zero attached hydrogens (tertiary/aromatic N) is 2. The van der Waals surface area contributed by atoms with Gasteiger partial charge < -0.3 is 15.8 Å². The predicted molar refractivity (Wildman–Crippen MR) is 64.6 cm³/mol. The van der Waals surface area contributed by atoms with Gasteiger partial charge in [0, 0.05) is 19.0 Å². The summed E-state index contributed by atoms with van der Waals surface area (Å²) >= 11 is 0. The highest BCUT2D eigenvalue weighted by molar-refractivity contribution is 5.80. The number of piperidine rings is 1. The number of likely N-dealkylation sites (tertiary alicyclic amines) is 1. The van der Waals surface area contributed by atoms with E-state index < -0.39 is 0 Å². The Morgan fingerprint density at radius 1 is 1.50 bits per heavy atom. The summed E-state index contributed by atoms with van der Waals surface area (Å²) in [5.41, 5.74) is 5.94. The molecule has 3 N–H and O–H groups in total. The molecular formula is C12H23N3O. The van der Waals surface area contributed by atoms with Crippen molar-refractivity contribution in [1.29, 1.82) is 0 Å². The van der Waals surface area contributed by atoms with Gasteiger partial charge in [0.25, 0.3) is 0 Å². The van der Waals surface area contributed by atoms with E-state index in [0.29, 0.717) is 17.3 Å². The third kappa shape index (κ3) is 2.67. The van der Waals surface area contributed by atoms with Crippen molar-refractivity contribution in [1.82, 2.24) is 4.90 Å². The van der Waals surface area contributed by atoms with Gasteiger partial charge in [-0.15, -0.1) is 0 Å². The molecule has 1 heterocycles. The molecule has 1 saturated heterocycles. The van der Waals surface area contributed by atoms with Gasteiger partial charge in [0.15, 0.2) is 0 Å². The highest BCUT2D eigenvalue weighted by Crippen LogP contribution is 2.49. The Balaban J connectivity index is 1.88. The molecule has 0 aromatic carbocycles. The molecule has 0 spiro atoms. The molecular weight excluding hydrogens is 202 g/mol. The molecule has 16 heavy (non-hydrogen) atoms. The fourth-order valence-electron chi connectivity index (χ4n) is 2.81. The van der Waals surface area contributed by atoms with Gasteiger partial charge in [0.2, 0.25) is 0 Å². The zero-order chi connectivity index (χ0) is 11.6. The molecule has 2 rings (SSSR count). The van der Waals surface area contributed by atoms with Crippen molar-refractivity contribution < 1.29 is 5.21 Å². The molecule has 1 aliphatic carbocycles. The van der Waals surface area contributed by atoms with Crippen molar-refractivity contribution in [2.24, 2.45) is 16.3 Å². The summed E-state index contributed by atoms with van der Waals surface area (Å²) in [6.07, 6.45) is 7.22. The number of nitrogens with two attached hydrogens (primary N) is 1. The van der Waals surface area contributed by atoms with E-state index in [9.17, 15) is 0 Å². The molecule has 4 heteroatoms. The second kappa shape index (κ2) is 4.62. The second-order valence-corrected chi connectivity index (χ2v) is 5.58. The molecule has 1 unspecified atom stereocenters. The third-order valence-corrected chi connectivity index (χ3v) is 4.12. The summed E-state index contributed by atoms with van der Waals surface area (Å²) < 4.78 is 0. The normalized spacial score (nSPS) is 30.3. The van der Waals surface area contributed by atoms with Crippen molar-refractivity contribution in [3.8, 4) is 0 Å². The highest BCUT2D eigenvalue weighted by atomic mass is 16.4. The van der Waals surface area contributed by atoms with E-state index in [2.05, 4.69) is 17.0 Å². The molecule has 1 aliphatic heterocycles. The average Bonchev–Trinajstić information content (AvgIpc) is 3.01. The molecule has 2 aliphatic rings. The maximum Gasteiger partial charge on any atom is 0.139 e. The predicted octanol–water partition coefficient (Wildman–Crippen LogP) is 1.78. The molecule has 0 radical (unpaired) electrons. The second-order valence-electron chi connectivity index (χ2n) is 5.58. The Kier molecular flexibility index (Phi) is 3.38. The topological polar surface area (TPSA) is 61.8 Å². The minimum Gasteiger partial charge on any atom is -0.409 e. The lowest BCUT2D eigenvalue weighted by Crippen LogP contribution is -2.42. The number of hydrogen-bond donors (Lipinski definition) is 2. The first-order valence-corrected chi connectivity index (χ1v) is 6.36.